The molecule has 0 radical (unpaired) electrons. The zero-order valence-electron chi connectivity index (χ0n) is 17.9. The van der Waals surface area contributed by atoms with E-state index in [0.29, 0.717) is 12.5 Å². The molecular formula is C24H26N4O2S. The first-order chi connectivity index (χ1) is 15.1. The lowest BCUT2D eigenvalue weighted by Crippen LogP contribution is -2.29. The van der Waals surface area contributed by atoms with Crippen molar-refractivity contribution in [1.82, 2.24) is 20.1 Å². The second kappa shape index (κ2) is 8.48. The van der Waals surface area contributed by atoms with E-state index in [4.69, 9.17) is 4.74 Å². The van der Waals surface area contributed by atoms with Gasteiger partial charge in [0, 0.05) is 37.3 Å². The van der Waals surface area contributed by atoms with Gasteiger partial charge in [0.05, 0.1) is 18.7 Å². The first kappa shape index (κ1) is 20.3. The molecule has 5 rings (SSSR count). The van der Waals surface area contributed by atoms with Gasteiger partial charge in [0.2, 0.25) is 0 Å². The molecule has 4 heterocycles. The van der Waals surface area contributed by atoms with Crippen molar-refractivity contribution < 1.29 is 9.53 Å². The van der Waals surface area contributed by atoms with E-state index in [9.17, 15) is 4.79 Å². The van der Waals surface area contributed by atoms with Crippen molar-refractivity contribution in [2.24, 2.45) is 0 Å². The smallest absolute Gasteiger partial charge is 0.147 e. The zero-order valence-corrected chi connectivity index (χ0v) is 18.7. The van der Waals surface area contributed by atoms with Crippen LogP contribution in [0.4, 0.5) is 0 Å². The van der Waals surface area contributed by atoms with Crippen molar-refractivity contribution in [2.75, 3.05) is 19.7 Å². The van der Waals surface area contributed by atoms with Crippen LogP contribution in [0.1, 0.15) is 47.3 Å². The summed E-state index contributed by atoms with van der Waals surface area (Å²) in [5.41, 5.74) is 6.18. The van der Waals surface area contributed by atoms with E-state index < -0.39 is 0 Å². The van der Waals surface area contributed by atoms with Crippen LogP contribution in [0, 0.1) is 0 Å². The summed E-state index contributed by atoms with van der Waals surface area (Å²) >= 11 is 1.51. The second-order valence-electron chi connectivity index (χ2n) is 8.39. The van der Waals surface area contributed by atoms with Gasteiger partial charge in [-0.15, -0.1) is 10.2 Å². The molecule has 6 nitrogen and oxygen atoms in total. The molecule has 0 fully saturated rings. The number of pyridine rings is 1. The minimum absolute atomic E-state index is 0.115. The number of carbonyl (C=O) groups excluding carboxylic acids is 1. The number of nitrogens with zero attached hydrogens (tertiary/aromatic N) is 4. The van der Waals surface area contributed by atoms with Crippen LogP contribution in [-0.4, -0.2) is 45.6 Å². The summed E-state index contributed by atoms with van der Waals surface area (Å²) < 4.78 is 5.72. The lowest BCUT2D eigenvalue weighted by atomic mass is 10.0. The van der Waals surface area contributed by atoms with Crippen LogP contribution < -0.4 is 4.74 Å². The molecule has 0 saturated carbocycles. The van der Waals surface area contributed by atoms with Gasteiger partial charge in [-0.1, -0.05) is 23.5 Å². The van der Waals surface area contributed by atoms with E-state index in [1.165, 1.54) is 28.0 Å². The van der Waals surface area contributed by atoms with E-state index in [0.717, 1.165) is 66.0 Å². The van der Waals surface area contributed by atoms with E-state index >= 15 is 0 Å². The van der Waals surface area contributed by atoms with E-state index in [1.54, 1.807) is 6.92 Å². The van der Waals surface area contributed by atoms with Crippen LogP contribution in [0.2, 0.25) is 0 Å². The Labute approximate surface area is 186 Å². The van der Waals surface area contributed by atoms with Crippen molar-refractivity contribution in [1.29, 1.82) is 0 Å². The Bertz CT molecular complexity index is 1130. The van der Waals surface area contributed by atoms with Crippen molar-refractivity contribution >= 4 is 17.1 Å². The van der Waals surface area contributed by atoms with Gasteiger partial charge < -0.3 is 4.74 Å². The number of carbonyl (C=O) groups is 1. The fraction of sp³-hybridized carbons (Fsp3) is 0.417. The summed E-state index contributed by atoms with van der Waals surface area (Å²) in [6.45, 7) is 6.61. The van der Waals surface area contributed by atoms with Crippen LogP contribution in [0.5, 0.6) is 5.75 Å². The molecule has 1 atom stereocenters. The number of benzene rings is 1. The van der Waals surface area contributed by atoms with Crippen LogP contribution >= 0.6 is 11.3 Å². The fourth-order valence-electron chi connectivity index (χ4n) is 4.42. The Morgan fingerprint density at radius 2 is 2.00 bits per heavy atom. The van der Waals surface area contributed by atoms with Gasteiger partial charge in [-0.2, -0.15) is 0 Å². The summed E-state index contributed by atoms with van der Waals surface area (Å²) in [6, 6.07) is 9.09. The molecule has 1 aromatic carbocycles. The summed E-state index contributed by atoms with van der Waals surface area (Å²) in [7, 11) is 0. The number of hydrogen-bond acceptors (Lipinski definition) is 7. The third-order valence-corrected chi connectivity index (χ3v) is 7.21. The van der Waals surface area contributed by atoms with Crippen molar-refractivity contribution in [3.05, 3.63) is 57.9 Å². The van der Waals surface area contributed by atoms with Gasteiger partial charge in [-0.25, -0.2) is 0 Å². The molecule has 0 N–H and O–H groups in total. The number of ketones is 1. The van der Waals surface area contributed by atoms with Gasteiger partial charge >= 0.3 is 0 Å². The first-order valence-electron chi connectivity index (χ1n) is 10.9. The first-order valence-corrected chi connectivity index (χ1v) is 11.7. The number of aromatic nitrogens is 3. The van der Waals surface area contributed by atoms with Gasteiger partial charge in [0.1, 0.15) is 21.5 Å². The zero-order chi connectivity index (χ0) is 21.4. The van der Waals surface area contributed by atoms with Gasteiger partial charge in [0.15, 0.2) is 0 Å². The third-order valence-electron chi connectivity index (χ3n) is 6.24. The highest BCUT2D eigenvalue weighted by Crippen LogP contribution is 2.31. The maximum Gasteiger partial charge on any atom is 0.147 e. The standard InChI is InChI=1S/C24H26N4O2S/c1-15(29)11-23-26-27-24(31-23)19-4-3-17-5-8-28(9-6-18(17)12-19)16(2)20-13-22-21(25-14-20)7-10-30-22/h3-4,12-14,16H,5-11H2,1-2H3/t16-/m1/s1. The van der Waals surface area contributed by atoms with Crippen LogP contribution in [0.25, 0.3) is 10.6 Å². The van der Waals surface area contributed by atoms with Gasteiger partial charge in [-0.3, -0.25) is 14.7 Å². The number of ether oxygens (including phenoxy) is 1. The topological polar surface area (TPSA) is 68.2 Å². The number of rotatable bonds is 5. The van der Waals surface area contributed by atoms with E-state index in [2.05, 4.69) is 51.3 Å². The summed E-state index contributed by atoms with van der Waals surface area (Å²) in [5, 5.41) is 10.2. The molecule has 0 spiro atoms. The molecule has 0 unspecified atom stereocenters. The largest absolute Gasteiger partial charge is 0.491 e. The summed E-state index contributed by atoms with van der Waals surface area (Å²) in [5.74, 6) is 1.07. The quantitative estimate of drug-likeness (QED) is 0.608. The highest BCUT2D eigenvalue weighted by Gasteiger charge is 2.23. The molecule has 0 amide bonds. The highest BCUT2D eigenvalue weighted by atomic mass is 32.1. The Morgan fingerprint density at radius 1 is 1.16 bits per heavy atom. The molecule has 2 aliphatic rings. The number of Topliss-reactive ketones (excluding diaryl/α,β-unsaturated/α-hetero) is 1. The third kappa shape index (κ3) is 4.25. The Kier molecular flexibility index (Phi) is 5.54. The Balaban J connectivity index is 1.31. The average Bonchev–Trinajstić information content (AvgIpc) is 3.37. The molecule has 0 bridgehead atoms. The number of fused-ring (bicyclic) bond motifs is 2. The normalized spacial score (nSPS) is 16.8. The minimum atomic E-state index is 0.115. The van der Waals surface area contributed by atoms with Crippen LogP contribution in [0.15, 0.2) is 30.5 Å². The predicted molar refractivity (Wildman–Crippen MR) is 121 cm³/mol. The maximum atomic E-state index is 11.4. The lowest BCUT2D eigenvalue weighted by Gasteiger charge is -2.27. The molecule has 3 aromatic rings. The van der Waals surface area contributed by atoms with Crippen molar-refractivity contribution in [3.8, 4) is 16.3 Å². The van der Waals surface area contributed by atoms with Crippen LogP contribution in [0.3, 0.4) is 0 Å². The molecule has 160 valence electrons. The lowest BCUT2D eigenvalue weighted by molar-refractivity contribution is -0.116. The number of hydrogen-bond donors (Lipinski definition) is 0. The fourth-order valence-corrected chi connectivity index (χ4v) is 5.32. The van der Waals surface area contributed by atoms with E-state index in [-0.39, 0.29) is 5.78 Å². The van der Waals surface area contributed by atoms with Gasteiger partial charge in [0.25, 0.3) is 0 Å². The van der Waals surface area contributed by atoms with Gasteiger partial charge in [-0.05, 0) is 55.5 Å². The average molecular weight is 435 g/mol. The maximum absolute atomic E-state index is 11.4. The second-order valence-corrected chi connectivity index (χ2v) is 9.45. The highest BCUT2D eigenvalue weighted by molar-refractivity contribution is 7.14. The van der Waals surface area contributed by atoms with E-state index in [1.807, 2.05) is 6.20 Å². The molecular weight excluding hydrogens is 408 g/mol. The molecule has 2 aliphatic heterocycles. The van der Waals surface area contributed by atoms with Crippen molar-refractivity contribution in [3.63, 3.8) is 0 Å². The molecule has 0 aliphatic carbocycles. The molecule has 31 heavy (non-hydrogen) atoms. The SMILES string of the molecule is CC(=O)Cc1nnc(-c2ccc3c(c2)CCN([C@H](C)c2cnc4c(c2)OCC4)CC3)s1. The van der Waals surface area contributed by atoms with Crippen LogP contribution in [-0.2, 0) is 30.5 Å². The minimum Gasteiger partial charge on any atom is -0.491 e. The molecule has 0 saturated heterocycles. The summed E-state index contributed by atoms with van der Waals surface area (Å²) in [6.07, 6.45) is 5.32. The Morgan fingerprint density at radius 3 is 2.84 bits per heavy atom. The monoisotopic (exact) mass is 434 g/mol. The predicted octanol–water partition coefficient (Wildman–Crippen LogP) is 3.83. The molecule has 7 heteroatoms. The molecule has 2 aromatic heterocycles. The van der Waals surface area contributed by atoms with Crippen molar-refractivity contribution in [2.45, 2.75) is 45.6 Å². The summed E-state index contributed by atoms with van der Waals surface area (Å²) in [4.78, 5) is 18.5. The Hall–Kier alpha value is -2.64.